The summed E-state index contributed by atoms with van der Waals surface area (Å²) in [5, 5.41) is 11.6. The van der Waals surface area contributed by atoms with Crippen molar-refractivity contribution in [3.05, 3.63) is 36.0 Å². The molecule has 1 aliphatic carbocycles. The van der Waals surface area contributed by atoms with Crippen molar-refractivity contribution in [2.24, 2.45) is 11.8 Å². The van der Waals surface area contributed by atoms with Gasteiger partial charge in [-0.05, 0) is 105 Å². The van der Waals surface area contributed by atoms with Crippen LogP contribution in [0.1, 0.15) is 50.5 Å². The van der Waals surface area contributed by atoms with Gasteiger partial charge >= 0.3 is 5.97 Å². The number of benzene rings is 1. The van der Waals surface area contributed by atoms with Gasteiger partial charge in [0.25, 0.3) is 0 Å². The van der Waals surface area contributed by atoms with Crippen molar-refractivity contribution in [2.75, 3.05) is 32.5 Å². The number of aliphatic carboxylic acids is 1. The van der Waals surface area contributed by atoms with Crippen molar-refractivity contribution >= 4 is 28.6 Å². The molecule has 0 unspecified atom stereocenters. The number of carboxylic acid groups (broad SMARTS) is 1. The third kappa shape index (κ3) is 6.61. The molecule has 5 nitrogen and oxygen atoms in total. The fourth-order valence-electron chi connectivity index (χ4n) is 5.05. The molecule has 174 valence electrons. The van der Waals surface area contributed by atoms with E-state index in [2.05, 4.69) is 33.8 Å². The van der Waals surface area contributed by atoms with Crippen molar-refractivity contribution in [1.82, 2.24) is 9.88 Å². The molecule has 6 heteroatoms. The van der Waals surface area contributed by atoms with Crippen molar-refractivity contribution in [2.45, 2.75) is 56.6 Å². The van der Waals surface area contributed by atoms with E-state index in [0.717, 1.165) is 67.2 Å². The van der Waals surface area contributed by atoms with Crippen molar-refractivity contribution in [3.8, 4) is 5.75 Å². The Hall–Kier alpha value is -1.79. The minimum atomic E-state index is -0.654. The van der Waals surface area contributed by atoms with Crippen LogP contribution in [0.4, 0.5) is 0 Å². The number of hydrogen-bond acceptors (Lipinski definition) is 5. The van der Waals surface area contributed by atoms with Gasteiger partial charge in [-0.15, -0.1) is 0 Å². The van der Waals surface area contributed by atoms with E-state index in [0.29, 0.717) is 12.3 Å². The number of hydrogen-bond donors (Lipinski definition) is 1. The molecule has 2 heterocycles. The number of ether oxygens (including phenoxy) is 1. The van der Waals surface area contributed by atoms with Gasteiger partial charge in [-0.3, -0.25) is 9.78 Å². The van der Waals surface area contributed by atoms with Gasteiger partial charge in [0.15, 0.2) is 0 Å². The van der Waals surface area contributed by atoms with Gasteiger partial charge < -0.3 is 14.7 Å². The summed E-state index contributed by atoms with van der Waals surface area (Å²) in [6.45, 7) is 3.18. The maximum atomic E-state index is 11.5. The Balaban J connectivity index is 1.29. The van der Waals surface area contributed by atoms with E-state index in [1.807, 2.05) is 18.3 Å². The number of pyridine rings is 1. The Labute approximate surface area is 195 Å². The molecule has 0 radical (unpaired) electrons. The van der Waals surface area contributed by atoms with E-state index in [4.69, 9.17) is 4.74 Å². The molecule has 1 aliphatic heterocycles. The average molecular weight is 457 g/mol. The van der Waals surface area contributed by atoms with Crippen LogP contribution in [0.3, 0.4) is 0 Å². The van der Waals surface area contributed by atoms with Crippen LogP contribution >= 0.6 is 11.8 Å². The summed E-state index contributed by atoms with van der Waals surface area (Å²) in [5.41, 5.74) is 2.30. The molecule has 0 spiro atoms. The van der Waals surface area contributed by atoms with Crippen LogP contribution in [0.5, 0.6) is 5.75 Å². The van der Waals surface area contributed by atoms with Crippen molar-refractivity contribution < 1.29 is 14.6 Å². The Bertz CT molecular complexity index is 902. The monoisotopic (exact) mass is 456 g/mol. The molecule has 2 aliphatic rings. The van der Waals surface area contributed by atoms with Crippen LogP contribution in [0.15, 0.2) is 30.5 Å². The van der Waals surface area contributed by atoms with Gasteiger partial charge in [-0.25, -0.2) is 0 Å². The molecule has 1 saturated carbocycles. The lowest BCUT2D eigenvalue weighted by atomic mass is 9.80. The lowest BCUT2D eigenvalue weighted by Crippen LogP contribution is -2.42. The number of carboxylic acids is 1. The molecule has 2 atom stereocenters. The van der Waals surface area contributed by atoms with Crippen molar-refractivity contribution in [3.63, 3.8) is 0 Å². The van der Waals surface area contributed by atoms with E-state index >= 15 is 0 Å². The smallest absolute Gasteiger partial charge is 0.303 e. The number of rotatable bonds is 12. The van der Waals surface area contributed by atoms with Crippen molar-refractivity contribution in [1.29, 1.82) is 0 Å². The van der Waals surface area contributed by atoms with E-state index in [-0.39, 0.29) is 5.92 Å². The molecule has 0 amide bonds. The zero-order chi connectivity index (χ0) is 22.3. The van der Waals surface area contributed by atoms with Crippen LogP contribution in [0, 0.1) is 11.8 Å². The minimum absolute atomic E-state index is 0.270. The predicted molar refractivity (Wildman–Crippen MR) is 132 cm³/mol. The molecule has 0 bridgehead atoms. The highest BCUT2D eigenvalue weighted by Gasteiger charge is 2.30. The third-order valence-electron chi connectivity index (χ3n) is 6.97. The van der Waals surface area contributed by atoms with E-state index in [9.17, 15) is 9.90 Å². The molecule has 2 fully saturated rings. The van der Waals surface area contributed by atoms with Gasteiger partial charge in [0.05, 0.1) is 12.6 Å². The van der Waals surface area contributed by atoms with Gasteiger partial charge in [0.2, 0.25) is 0 Å². The number of aromatic nitrogens is 1. The molecular formula is C26H36N2O3S. The van der Waals surface area contributed by atoms with Crippen LogP contribution in [0.25, 0.3) is 10.9 Å². The summed E-state index contributed by atoms with van der Waals surface area (Å²) < 4.78 is 5.40. The standard InChI is InChI=1S/C26H36N2O3S/c1-31-22-6-9-25-24(17-22)20(10-12-27-25)5-2-4-19-11-14-28(18-21(19)16-26(29)30)13-3-15-32-23-7-8-23/h6,9-10,12,17,19,21,23H,2-5,7-8,11,13-16,18H2,1H3,(H,29,30)/t19-,21+/m1/s1. The topological polar surface area (TPSA) is 62.7 Å². The summed E-state index contributed by atoms with van der Waals surface area (Å²) in [7, 11) is 1.69. The second-order valence-electron chi connectivity index (χ2n) is 9.38. The molecule has 4 rings (SSSR count). The predicted octanol–water partition coefficient (Wildman–Crippen LogP) is 5.26. The first-order valence-corrected chi connectivity index (χ1v) is 13.1. The van der Waals surface area contributed by atoms with E-state index in [1.165, 1.54) is 30.6 Å². The fraction of sp³-hybridized carbons (Fsp3) is 0.615. The Morgan fingerprint density at radius 3 is 2.88 bits per heavy atom. The highest BCUT2D eigenvalue weighted by atomic mass is 32.2. The number of likely N-dealkylation sites (tertiary alicyclic amines) is 1. The van der Waals surface area contributed by atoms with Gasteiger partial charge in [-0.2, -0.15) is 11.8 Å². The summed E-state index contributed by atoms with van der Waals surface area (Å²) in [5.74, 6) is 2.23. The zero-order valence-corrected chi connectivity index (χ0v) is 20.0. The molecule has 1 aromatic heterocycles. The number of piperidine rings is 1. The largest absolute Gasteiger partial charge is 0.497 e. The van der Waals surface area contributed by atoms with Crippen LogP contribution in [0.2, 0.25) is 0 Å². The summed E-state index contributed by atoms with van der Waals surface area (Å²) in [4.78, 5) is 18.5. The quantitative estimate of drug-likeness (QED) is 0.439. The van der Waals surface area contributed by atoms with Gasteiger partial charge in [0.1, 0.15) is 5.75 Å². The minimum Gasteiger partial charge on any atom is -0.497 e. The Morgan fingerprint density at radius 1 is 1.22 bits per heavy atom. The second-order valence-corrected chi connectivity index (χ2v) is 10.8. The first-order valence-electron chi connectivity index (χ1n) is 12.1. The van der Waals surface area contributed by atoms with E-state index in [1.54, 1.807) is 7.11 Å². The fourth-order valence-corrected chi connectivity index (χ4v) is 6.15. The lowest BCUT2D eigenvalue weighted by Gasteiger charge is -2.38. The average Bonchev–Trinajstić information content (AvgIpc) is 3.62. The van der Waals surface area contributed by atoms with Gasteiger partial charge in [0, 0.05) is 29.8 Å². The van der Waals surface area contributed by atoms with Crippen LogP contribution in [-0.2, 0) is 11.2 Å². The Morgan fingerprint density at radius 2 is 2.09 bits per heavy atom. The molecular weight excluding hydrogens is 420 g/mol. The molecule has 1 saturated heterocycles. The molecule has 1 N–H and O–H groups in total. The molecule has 1 aromatic carbocycles. The highest BCUT2D eigenvalue weighted by molar-refractivity contribution is 8.00. The van der Waals surface area contributed by atoms with Gasteiger partial charge in [-0.1, -0.05) is 0 Å². The first-order chi connectivity index (χ1) is 15.6. The number of fused-ring (bicyclic) bond motifs is 1. The van der Waals surface area contributed by atoms with Crippen LogP contribution in [-0.4, -0.2) is 58.7 Å². The van der Waals surface area contributed by atoms with E-state index < -0.39 is 5.97 Å². The third-order valence-corrected chi connectivity index (χ3v) is 8.44. The zero-order valence-electron chi connectivity index (χ0n) is 19.2. The Kier molecular flexibility index (Phi) is 8.31. The summed E-state index contributed by atoms with van der Waals surface area (Å²) in [6.07, 6.45) is 10.5. The SMILES string of the molecule is COc1ccc2nccc(CCC[C@@H]3CCN(CCCSC4CC4)C[C@@H]3CC(=O)O)c2c1. The number of carbonyl (C=O) groups is 1. The maximum Gasteiger partial charge on any atom is 0.303 e. The maximum absolute atomic E-state index is 11.5. The van der Waals surface area contributed by atoms with Crippen LogP contribution < -0.4 is 4.74 Å². The first kappa shape index (κ1) is 23.4. The number of aryl methyl sites for hydroxylation is 1. The lowest BCUT2D eigenvalue weighted by molar-refractivity contribution is -0.139. The number of thioether (sulfide) groups is 1. The summed E-state index contributed by atoms with van der Waals surface area (Å²) in [6, 6.07) is 8.15. The second kappa shape index (κ2) is 11.4. The normalized spacial score (nSPS) is 21.7. The molecule has 32 heavy (non-hydrogen) atoms. The number of methoxy groups -OCH3 is 1. The summed E-state index contributed by atoms with van der Waals surface area (Å²) >= 11 is 2.12. The number of nitrogens with zero attached hydrogens (tertiary/aromatic N) is 2. The molecule has 2 aromatic rings. The highest BCUT2D eigenvalue weighted by Crippen LogP contribution is 2.35.